The number of rotatable bonds is 7. The number of methoxy groups -OCH3 is 1. The van der Waals surface area contributed by atoms with Crippen molar-refractivity contribution in [3.63, 3.8) is 0 Å². The smallest absolute Gasteiger partial charge is 0.312 e. The van der Waals surface area contributed by atoms with Crippen LogP contribution in [0.4, 0.5) is 11.4 Å². The second-order valence-electron chi connectivity index (χ2n) is 10.8. The van der Waals surface area contributed by atoms with Crippen molar-refractivity contribution in [2.75, 3.05) is 38.4 Å². The largest absolute Gasteiger partial charge is 0.491 e. The van der Waals surface area contributed by atoms with Gasteiger partial charge in [0.2, 0.25) is 0 Å². The molecule has 4 rings (SSSR count). The lowest BCUT2D eigenvalue weighted by Crippen LogP contribution is -2.34. The topological polar surface area (TPSA) is 76.8 Å². The molecule has 3 aromatic carbocycles. The summed E-state index contributed by atoms with van der Waals surface area (Å²) in [6, 6.07) is 18.7. The van der Waals surface area contributed by atoms with Gasteiger partial charge in [0.15, 0.2) is 0 Å². The summed E-state index contributed by atoms with van der Waals surface area (Å²) in [4.78, 5) is 14.2. The van der Waals surface area contributed by atoms with Crippen LogP contribution in [0.5, 0.6) is 5.75 Å². The number of nitrogens with zero attached hydrogens (tertiary/aromatic N) is 1. The Labute approximate surface area is 244 Å². The molecule has 7 heteroatoms. The summed E-state index contributed by atoms with van der Waals surface area (Å²) in [5.41, 5.74) is 12.7. The predicted octanol–water partition coefficient (Wildman–Crippen LogP) is 7.58. The Kier molecular flexibility index (Phi) is 10.9. The lowest BCUT2D eigenvalue weighted by atomic mass is 9.69. The van der Waals surface area contributed by atoms with E-state index in [2.05, 4.69) is 60.7 Å². The zero-order valence-corrected chi connectivity index (χ0v) is 26.1. The van der Waals surface area contributed by atoms with Crippen LogP contribution in [-0.2, 0) is 16.1 Å². The highest BCUT2D eigenvalue weighted by Gasteiger charge is 2.41. The maximum atomic E-state index is 13.1. The van der Waals surface area contributed by atoms with Gasteiger partial charge in [-0.25, -0.2) is 4.31 Å². The fourth-order valence-corrected chi connectivity index (χ4v) is 6.08. The molecule has 0 amide bonds. The van der Waals surface area contributed by atoms with Crippen LogP contribution >= 0.6 is 11.9 Å². The van der Waals surface area contributed by atoms with Crippen molar-refractivity contribution in [1.82, 2.24) is 4.31 Å². The highest BCUT2D eigenvalue weighted by molar-refractivity contribution is 7.97. The summed E-state index contributed by atoms with van der Waals surface area (Å²) in [7, 11) is 3.31. The fourth-order valence-electron chi connectivity index (χ4n) is 5.07. The van der Waals surface area contributed by atoms with E-state index in [1.54, 1.807) is 11.9 Å². The van der Waals surface area contributed by atoms with Crippen molar-refractivity contribution in [3.8, 4) is 5.75 Å². The normalized spacial score (nSPS) is 14.1. The number of aryl methyl sites for hydroxylation is 1. The summed E-state index contributed by atoms with van der Waals surface area (Å²) >= 11 is 1.73. The zero-order valence-electron chi connectivity index (χ0n) is 25.3. The molecule has 6 nitrogen and oxygen atoms in total. The first-order chi connectivity index (χ1) is 19.1. The predicted molar refractivity (Wildman–Crippen MR) is 168 cm³/mol. The third-order valence-electron chi connectivity index (χ3n) is 7.30. The summed E-state index contributed by atoms with van der Waals surface area (Å²) in [5, 5.41) is 3.15. The van der Waals surface area contributed by atoms with E-state index in [1.807, 2.05) is 52.1 Å². The molecule has 3 N–H and O–H groups in total. The molecule has 40 heavy (non-hydrogen) atoms. The Morgan fingerprint density at radius 3 is 2.52 bits per heavy atom. The monoisotopic (exact) mass is 563 g/mol. The first-order valence-corrected chi connectivity index (χ1v) is 14.8. The average molecular weight is 564 g/mol. The second kappa shape index (κ2) is 14.0. The Balaban J connectivity index is 0.00000141. The lowest BCUT2D eigenvalue weighted by Gasteiger charge is -2.34. The van der Waals surface area contributed by atoms with Crippen LogP contribution in [0.1, 0.15) is 67.9 Å². The van der Waals surface area contributed by atoms with E-state index in [0.29, 0.717) is 12.3 Å². The average Bonchev–Trinajstić information content (AvgIpc) is 3.14. The fraction of sp³-hybridized carbons (Fsp3) is 0.424. The number of carbonyl (C=O) groups is 1. The van der Waals surface area contributed by atoms with E-state index in [1.165, 1.54) is 24.7 Å². The Morgan fingerprint density at radius 1 is 1.15 bits per heavy atom. The number of para-hydroxylation sites is 1. The maximum absolute atomic E-state index is 13.1. The van der Waals surface area contributed by atoms with E-state index in [9.17, 15) is 4.79 Å². The standard InChI is InChI=1S/C30H37N3O3S.C3H8/c1-19-11-12-21(17-22(19)18-33-15-16-36-25-9-7-8-10-26(25)37-33)27(30(3,4)29(34)35-6)23-13-14-24(32-5)28(31)20(23)2;1-3-2/h7-14,17,27,32H,15-16,18,31H2,1-6H3;3H2,1-2H3. The van der Waals surface area contributed by atoms with E-state index in [0.717, 1.165) is 46.1 Å². The van der Waals surface area contributed by atoms with Crippen molar-refractivity contribution in [2.45, 2.75) is 65.3 Å². The van der Waals surface area contributed by atoms with Gasteiger partial charge < -0.3 is 20.5 Å². The van der Waals surface area contributed by atoms with Crippen molar-refractivity contribution in [3.05, 3.63) is 82.4 Å². The third-order valence-corrected chi connectivity index (χ3v) is 8.40. The van der Waals surface area contributed by atoms with Gasteiger partial charge in [0.25, 0.3) is 0 Å². The van der Waals surface area contributed by atoms with E-state index < -0.39 is 5.41 Å². The Hall–Kier alpha value is -3.16. The Bertz CT molecular complexity index is 1310. The van der Waals surface area contributed by atoms with E-state index in [4.69, 9.17) is 15.2 Å². The minimum absolute atomic E-state index is 0.242. The highest BCUT2D eigenvalue weighted by atomic mass is 32.2. The number of hydrogen-bond acceptors (Lipinski definition) is 7. The number of fused-ring (bicyclic) bond motifs is 1. The number of carbonyl (C=O) groups excluding carboxylic acids is 1. The van der Waals surface area contributed by atoms with E-state index in [-0.39, 0.29) is 11.9 Å². The molecule has 0 aliphatic carbocycles. The first kappa shape index (κ1) is 31.4. The number of esters is 1. The molecule has 0 saturated heterocycles. The van der Waals surface area contributed by atoms with Crippen molar-refractivity contribution >= 4 is 29.3 Å². The molecule has 1 heterocycles. The molecule has 1 unspecified atom stereocenters. The summed E-state index contributed by atoms with van der Waals surface area (Å²) in [6.07, 6.45) is 1.25. The van der Waals surface area contributed by atoms with Crippen LogP contribution in [0.15, 0.2) is 59.5 Å². The molecule has 1 aliphatic rings. The van der Waals surface area contributed by atoms with Gasteiger partial charge >= 0.3 is 5.97 Å². The SMILES string of the molecule is CCC.CNc1ccc(C(c2ccc(C)c(CN3CCOc4ccccc4S3)c2)C(C)(C)C(=O)OC)c(C)c1N. The summed E-state index contributed by atoms with van der Waals surface area (Å²) in [5.74, 6) is 0.430. The second-order valence-corrected chi connectivity index (χ2v) is 11.9. The number of nitrogen functional groups attached to an aromatic ring is 1. The number of hydrogen-bond donors (Lipinski definition) is 2. The quantitative estimate of drug-likeness (QED) is 0.174. The highest BCUT2D eigenvalue weighted by Crippen LogP contribution is 2.45. The molecule has 0 aromatic heterocycles. The van der Waals surface area contributed by atoms with Crippen molar-refractivity contribution in [2.24, 2.45) is 5.41 Å². The molecule has 3 aromatic rings. The van der Waals surface area contributed by atoms with Crippen LogP contribution < -0.4 is 15.8 Å². The lowest BCUT2D eigenvalue weighted by molar-refractivity contribution is -0.151. The van der Waals surface area contributed by atoms with Crippen LogP contribution in [0.25, 0.3) is 0 Å². The van der Waals surface area contributed by atoms with Gasteiger partial charge in [-0.2, -0.15) is 0 Å². The summed E-state index contributed by atoms with van der Waals surface area (Å²) in [6.45, 7) is 14.5. The number of anilines is 2. The third kappa shape index (κ3) is 6.94. The number of ether oxygens (including phenoxy) is 2. The van der Waals surface area contributed by atoms with Crippen molar-refractivity contribution in [1.29, 1.82) is 0 Å². The van der Waals surface area contributed by atoms with Gasteiger partial charge in [0, 0.05) is 26.1 Å². The van der Waals surface area contributed by atoms with Gasteiger partial charge in [-0.05, 0) is 85.7 Å². The first-order valence-electron chi connectivity index (χ1n) is 14.0. The molecule has 1 aliphatic heterocycles. The van der Waals surface area contributed by atoms with E-state index >= 15 is 0 Å². The molecule has 1 atom stereocenters. The van der Waals surface area contributed by atoms with Crippen LogP contribution in [0.3, 0.4) is 0 Å². The molecule has 0 radical (unpaired) electrons. The van der Waals surface area contributed by atoms with Crippen LogP contribution in [0, 0.1) is 19.3 Å². The van der Waals surface area contributed by atoms with Gasteiger partial charge in [-0.15, -0.1) is 0 Å². The van der Waals surface area contributed by atoms with Crippen molar-refractivity contribution < 1.29 is 14.3 Å². The minimum atomic E-state index is -0.816. The molecular weight excluding hydrogens is 518 g/mol. The molecule has 0 saturated carbocycles. The number of nitrogens with two attached hydrogens (primary N) is 1. The van der Waals surface area contributed by atoms with Crippen LogP contribution in [-0.4, -0.2) is 37.6 Å². The van der Waals surface area contributed by atoms with Gasteiger partial charge in [-0.1, -0.05) is 56.7 Å². The maximum Gasteiger partial charge on any atom is 0.312 e. The zero-order chi connectivity index (χ0) is 29.4. The van der Waals surface area contributed by atoms with Gasteiger partial charge in [0.05, 0.1) is 28.8 Å². The molecule has 216 valence electrons. The van der Waals surface area contributed by atoms with Gasteiger partial charge in [0.1, 0.15) is 12.4 Å². The molecular formula is C33H45N3O3S. The number of benzene rings is 3. The van der Waals surface area contributed by atoms with Crippen LogP contribution in [0.2, 0.25) is 0 Å². The summed E-state index contributed by atoms with van der Waals surface area (Å²) < 4.78 is 13.6. The Morgan fingerprint density at radius 2 is 1.85 bits per heavy atom. The number of nitrogens with one attached hydrogen (secondary N) is 1. The molecule has 0 spiro atoms. The molecule has 0 fully saturated rings. The minimum Gasteiger partial charge on any atom is -0.491 e. The molecule has 0 bridgehead atoms. The van der Waals surface area contributed by atoms with Gasteiger partial charge in [-0.3, -0.25) is 4.79 Å².